The largest absolute Gasteiger partial charge is 0.495 e. The van der Waals surface area contributed by atoms with Gasteiger partial charge in [0, 0.05) is 0 Å². The molecule has 0 fully saturated rings. The molecule has 1 aromatic rings. The van der Waals surface area contributed by atoms with E-state index in [4.69, 9.17) is 9.84 Å². The molecule has 0 heterocycles. The van der Waals surface area contributed by atoms with E-state index in [1.165, 1.54) is 7.11 Å². The number of ether oxygens (including phenoxy) is 1. The molecule has 1 rings (SSSR count). The number of carboxylic acids is 1. The lowest BCUT2D eigenvalue weighted by Crippen LogP contribution is -2.30. The number of hydrogen-bond acceptors (Lipinski definition) is 4. The molecule has 0 aliphatic carbocycles. The summed E-state index contributed by atoms with van der Waals surface area (Å²) in [5, 5.41) is 10.7. The fourth-order valence-corrected chi connectivity index (χ4v) is 1.06. The van der Waals surface area contributed by atoms with Crippen molar-refractivity contribution in [1.82, 2.24) is 5.48 Å². The normalized spacial score (nSPS) is 9.47. The Morgan fingerprint density at radius 1 is 1.35 bits per heavy atom. The second kappa shape index (κ2) is 6.33. The number of benzene rings is 1. The molecule has 2 amide bonds. The van der Waals surface area contributed by atoms with Crippen molar-refractivity contribution in [3.63, 3.8) is 0 Å². The van der Waals surface area contributed by atoms with Gasteiger partial charge in [0.2, 0.25) is 0 Å². The van der Waals surface area contributed by atoms with E-state index in [2.05, 4.69) is 10.2 Å². The van der Waals surface area contributed by atoms with Crippen LogP contribution in [0.3, 0.4) is 0 Å². The van der Waals surface area contributed by atoms with Gasteiger partial charge in [-0.25, -0.2) is 15.1 Å². The Bertz CT molecular complexity index is 407. The molecule has 0 radical (unpaired) electrons. The molecule has 0 aliphatic heterocycles. The average molecular weight is 240 g/mol. The molecule has 0 spiro atoms. The Kier molecular flexibility index (Phi) is 4.77. The van der Waals surface area contributed by atoms with Crippen molar-refractivity contribution in [2.45, 2.75) is 0 Å². The second-order valence-corrected chi connectivity index (χ2v) is 2.94. The Morgan fingerprint density at radius 2 is 2.06 bits per heavy atom. The van der Waals surface area contributed by atoms with Gasteiger partial charge in [-0.15, -0.1) is 0 Å². The second-order valence-electron chi connectivity index (χ2n) is 2.94. The molecule has 7 nitrogen and oxygen atoms in total. The fourth-order valence-electron chi connectivity index (χ4n) is 1.06. The highest BCUT2D eigenvalue weighted by Crippen LogP contribution is 2.22. The van der Waals surface area contributed by atoms with E-state index in [1.54, 1.807) is 24.3 Å². The smallest absolute Gasteiger partial charge is 0.343 e. The Labute approximate surface area is 97.3 Å². The summed E-state index contributed by atoms with van der Waals surface area (Å²) in [4.78, 5) is 25.8. The standard InChI is InChI=1S/C10H12N2O5/c1-16-8-5-3-2-4-7(8)11-10(15)12-17-6-9(13)14/h2-5H,6H2,1H3,(H,13,14)(H2,11,12,15). The zero-order chi connectivity index (χ0) is 12.7. The molecular formula is C10H12N2O5. The Hall–Kier alpha value is -2.28. The minimum atomic E-state index is -1.18. The number of methoxy groups -OCH3 is 1. The van der Waals surface area contributed by atoms with Crippen molar-refractivity contribution in [3.05, 3.63) is 24.3 Å². The highest BCUT2D eigenvalue weighted by Gasteiger charge is 2.06. The van der Waals surface area contributed by atoms with E-state index >= 15 is 0 Å². The highest BCUT2D eigenvalue weighted by molar-refractivity contribution is 5.90. The number of amides is 2. The van der Waals surface area contributed by atoms with Crippen LogP contribution < -0.4 is 15.5 Å². The lowest BCUT2D eigenvalue weighted by Gasteiger charge is -2.10. The summed E-state index contributed by atoms with van der Waals surface area (Å²) in [6, 6.07) is 6.10. The quantitative estimate of drug-likeness (QED) is 0.662. The zero-order valence-corrected chi connectivity index (χ0v) is 9.10. The summed E-state index contributed by atoms with van der Waals surface area (Å²) in [5.41, 5.74) is 2.38. The first-order chi connectivity index (χ1) is 8.13. The lowest BCUT2D eigenvalue weighted by atomic mass is 10.3. The van der Waals surface area contributed by atoms with Crippen LogP contribution in [0.4, 0.5) is 10.5 Å². The van der Waals surface area contributed by atoms with Crippen LogP contribution in [-0.2, 0) is 9.63 Å². The molecule has 1 aromatic carbocycles. The minimum absolute atomic E-state index is 0.450. The summed E-state index contributed by atoms with van der Waals surface area (Å²) in [7, 11) is 1.47. The molecule has 0 aromatic heterocycles. The van der Waals surface area contributed by atoms with Crippen LogP contribution >= 0.6 is 0 Å². The van der Waals surface area contributed by atoms with Crippen molar-refractivity contribution in [2.75, 3.05) is 19.0 Å². The molecule has 0 aliphatic rings. The summed E-state index contributed by atoms with van der Waals surface area (Å²) in [6.07, 6.45) is 0. The Morgan fingerprint density at radius 3 is 2.71 bits per heavy atom. The summed E-state index contributed by atoms with van der Waals surface area (Å²) in [6.45, 7) is -0.612. The molecule has 0 unspecified atom stereocenters. The molecule has 3 N–H and O–H groups in total. The van der Waals surface area contributed by atoms with Gasteiger partial charge < -0.3 is 15.2 Å². The first-order valence-electron chi connectivity index (χ1n) is 4.67. The van der Waals surface area contributed by atoms with Crippen LogP contribution in [0.1, 0.15) is 0 Å². The first kappa shape index (κ1) is 12.8. The predicted molar refractivity (Wildman–Crippen MR) is 58.7 cm³/mol. The third-order valence-electron chi connectivity index (χ3n) is 1.72. The number of rotatable bonds is 5. The number of hydroxylamine groups is 1. The Balaban J connectivity index is 2.47. The minimum Gasteiger partial charge on any atom is -0.495 e. The highest BCUT2D eigenvalue weighted by atomic mass is 16.7. The molecular weight excluding hydrogens is 228 g/mol. The van der Waals surface area contributed by atoms with Crippen LogP contribution in [0.15, 0.2) is 24.3 Å². The van der Waals surface area contributed by atoms with Gasteiger partial charge in [-0.3, -0.25) is 4.84 Å². The maximum atomic E-state index is 11.3. The average Bonchev–Trinajstić information content (AvgIpc) is 2.29. The number of carbonyl (C=O) groups is 2. The molecule has 0 bridgehead atoms. The van der Waals surface area contributed by atoms with E-state index in [1.807, 2.05) is 5.48 Å². The van der Waals surface area contributed by atoms with E-state index in [0.717, 1.165) is 0 Å². The third kappa shape index (κ3) is 4.39. The zero-order valence-electron chi connectivity index (χ0n) is 9.10. The van der Waals surface area contributed by atoms with Crippen molar-refractivity contribution >= 4 is 17.7 Å². The fraction of sp³-hybridized carbons (Fsp3) is 0.200. The molecule has 0 saturated heterocycles. The summed E-state index contributed by atoms with van der Waals surface area (Å²) >= 11 is 0. The van der Waals surface area contributed by atoms with Crippen molar-refractivity contribution in [1.29, 1.82) is 0 Å². The van der Waals surface area contributed by atoms with Crippen LogP contribution in [0.5, 0.6) is 5.75 Å². The number of anilines is 1. The van der Waals surface area contributed by atoms with Crippen molar-refractivity contribution in [3.8, 4) is 5.75 Å². The summed E-state index contributed by atoms with van der Waals surface area (Å²) in [5.74, 6) is -0.691. The van der Waals surface area contributed by atoms with Gasteiger partial charge >= 0.3 is 12.0 Å². The van der Waals surface area contributed by atoms with Gasteiger partial charge in [-0.2, -0.15) is 0 Å². The molecule has 0 atom stereocenters. The number of carbonyl (C=O) groups excluding carboxylic acids is 1. The molecule has 17 heavy (non-hydrogen) atoms. The number of urea groups is 1. The maximum absolute atomic E-state index is 11.3. The number of para-hydroxylation sites is 2. The van der Waals surface area contributed by atoms with Crippen molar-refractivity contribution < 1.29 is 24.3 Å². The topological polar surface area (TPSA) is 96.9 Å². The van der Waals surface area contributed by atoms with Crippen molar-refractivity contribution in [2.24, 2.45) is 0 Å². The molecule has 7 heteroatoms. The predicted octanol–water partition coefficient (Wildman–Crippen LogP) is 0.833. The molecule has 0 saturated carbocycles. The SMILES string of the molecule is COc1ccccc1NC(=O)NOCC(=O)O. The molecule has 92 valence electrons. The van der Waals surface area contributed by atoms with Gasteiger partial charge in [0.05, 0.1) is 12.8 Å². The van der Waals surface area contributed by atoms with Gasteiger partial charge in [-0.1, -0.05) is 12.1 Å². The van der Waals surface area contributed by atoms with Crippen LogP contribution in [0, 0.1) is 0 Å². The maximum Gasteiger partial charge on any atom is 0.343 e. The van der Waals surface area contributed by atoms with Crippen LogP contribution in [0.25, 0.3) is 0 Å². The van der Waals surface area contributed by atoms with E-state index in [9.17, 15) is 9.59 Å². The van der Waals surface area contributed by atoms with Gasteiger partial charge in [0.15, 0.2) is 6.61 Å². The number of aliphatic carboxylic acids is 1. The number of carboxylic acid groups (broad SMARTS) is 1. The van der Waals surface area contributed by atoms with E-state index in [-0.39, 0.29) is 0 Å². The lowest BCUT2D eigenvalue weighted by molar-refractivity contribution is -0.143. The van der Waals surface area contributed by atoms with E-state index in [0.29, 0.717) is 11.4 Å². The number of nitrogens with one attached hydrogen (secondary N) is 2. The van der Waals surface area contributed by atoms with Gasteiger partial charge in [0.1, 0.15) is 5.75 Å². The van der Waals surface area contributed by atoms with Crippen LogP contribution in [0.2, 0.25) is 0 Å². The number of hydrogen-bond donors (Lipinski definition) is 3. The monoisotopic (exact) mass is 240 g/mol. The van der Waals surface area contributed by atoms with E-state index < -0.39 is 18.6 Å². The third-order valence-corrected chi connectivity index (χ3v) is 1.72. The van der Waals surface area contributed by atoms with Gasteiger partial charge in [-0.05, 0) is 12.1 Å². The van der Waals surface area contributed by atoms with Gasteiger partial charge in [0.25, 0.3) is 0 Å². The first-order valence-corrected chi connectivity index (χ1v) is 4.67. The summed E-state index contributed by atoms with van der Waals surface area (Å²) < 4.78 is 5.01. The van der Waals surface area contributed by atoms with Crippen LogP contribution in [-0.4, -0.2) is 30.8 Å².